The molecule has 24 heavy (non-hydrogen) atoms. The first-order valence-electron chi connectivity index (χ1n) is 8.83. The van der Waals surface area contributed by atoms with E-state index in [1.165, 1.54) is 18.4 Å². The summed E-state index contributed by atoms with van der Waals surface area (Å²) in [6.07, 6.45) is 3.37. The van der Waals surface area contributed by atoms with Crippen molar-refractivity contribution in [3.63, 3.8) is 0 Å². The molecule has 0 bridgehead atoms. The number of hydrogen-bond donors (Lipinski definition) is 2. The first kappa shape index (κ1) is 15.8. The van der Waals surface area contributed by atoms with Gasteiger partial charge in [-0.3, -0.25) is 19.8 Å². The number of likely N-dealkylation sites (tertiary alicyclic amines) is 1. The van der Waals surface area contributed by atoms with Gasteiger partial charge >= 0.3 is 0 Å². The molecule has 1 unspecified atom stereocenters. The van der Waals surface area contributed by atoms with E-state index in [0.717, 1.165) is 25.2 Å². The third-order valence-electron chi connectivity index (χ3n) is 5.85. The molecule has 2 saturated heterocycles. The molecular weight excluding hydrogens is 304 g/mol. The number of nitrogens with one attached hydrogen (secondary N) is 1. The zero-order chi connectivity index (χ0) is 16.7. The zero-order valence-electron chi connectivity index (χ0n) is 13.8. The van der Waals surface area contributed by atoms with E-state index >= 15 is 0 Å². The summed E-state index contributed by atoms with van der Waals surface area (Å²) in [5.74, 6) is -0.0134. The van der Waals surface area contributed by atoms with E-state index < -0.39 is 0 Å². The number of aliphatic hydroxyl groups is 1. The number of imide groups is 1. The number of carbonyl (C=O) groups excluding carboxylic acids is 2. The maximum atomic E-state index is 11.9. The average molecular weight is 328 g/mol. The van der Waals surface area contributed by atoms with Crippen LogP contribution in [0.5, 0.6) is 0 Å². The predicted molar refractivity (Wildman–Crippen MR) is 89.1 cm³/mol. The van der Waals surface area contributed by atoms with Crippen LogP contribution in [0.25, 0.3) is 0 Å². The van der Waals surface area contributed by atoms with Gasteiger partial charge in [-0.2, -0.15) is 0 Å². The van der Waals surface area contributed by atoms with Crippen LogP contribution in [0, 0.1) is 11.3 Å². The second kappa shape index (κ2) is 5.97. The second-order valence-corrected chi connectivity index (χ2v) is 7.85. The van der Waals surface area contributed by atoms with Gasteiger partial charge in [0.15, 0.2) is 0 Å². The number of aliphatic hydroxyl groups excluding tert-OH is 1. The first-order valence-corrected chi connectivity index (χ1v) is 8.83. The number of rotatable bonds is 4. The van der Waals surface area contributed by atoms with Crippen LogP contribution in [0.3, 0.4) is 0 Å². The molecule has 128 valence electrons. The monoisotopic (exact) mass is 328 g/mol. The highest BCUT2D eigenvalue weighted by molar-refractivity contribution is 6.00. The molecule has 0 aromatic heterocycles. The molecular formula is C19H24N2O3. The lowest BCUT2D eigenvalue weighted by Gasteiger charge is -2.59. The quantitative estimate of drug-likeness (QED) is 0.820. The van der Waals surface area contributed by atoms with Crippen molar-refractivity contribution in [2.45, 2.75) is 38.1 Å². The normalized spacial score (nSPS) is 26.8. The van der Waals surface area contributed by atoms with Crippen molar-refractivity contribution < 1.29 is 14.7 Å². The molecule has 5 nitrogen and oxygen atoms in total. The maximum absolute atomic E-state index is 11.9. The summed E-state index contributed by atoms with van der Waals surface area (Å²) in [5.41, 5.74) is 2.74. The van der Waals surface area contributed by atoms with Crippen LogP contribution in [0.15, 0.2) is 24.3 Å². The minimum absolute atomic E-state index is 0.168. The van der Waals surface area contributed by atoms with Gasteiger partial charge in [-0.05, 0) is 41.7 Å². The van der Waals surface area contributed by atoms with E-state index in [4.69, 9.17) is 5.11 Å². The van der Waals surface area contributed by atoms with E-state index in [2.05, 4.69) is 22.3 Å². The Labute approximate surface area is 142 Å². The molecule has 1 saturated carbocycles. The molecule has 4 rings (SSSR count). The fourth-order valence-corrected chi connectivity index (χ4v) is 4.69. The van der Waals surface area contributed by atoms with Gasteiger partial charge in [0.1, 0.15) is 0 Å². The van der Waals surface area contributed by atoms with E-state index in [1.807, 2.05) is 12.1 Å². The van der Waals surface area contributed by atoms with Crippen LogP contribution in [0.1, 0.15) is 42.7 Å². The molecule has 5 heteroatoms. The van der Waals surface area contributed by atoms with Gasteiger partial charge in [-0.1, -0.05) is 24.3 Å². The first-order chi connectivity index (χ1) is 11.6. The van der Waals surface area contributed by atoms with Gasteiger partial charge in [0.25, 0.3) is 0 Å². The van der Waals surface area contributed by atoms with Crippen molar-refractivity contribution in [1.82, 2.24) is 10.2 Å². The fourth-order valence-electron chi connectivity index (χ4n) is 4.69. The Balaban J connectivity index is 1.31. The Bertz CT molecular complexity index is 641. The second-order valence-electron chi connectivity index (χ2n) is 7.85. The Kier molecular flexibility index (Phi) is 3.93. The molecule has 2 amide bonds. The van der Waals surface area contributed by atoms with Crippen LogP contribution in [-0.2, 0) is 16.1 Å². The third-order valence-corrected chi connectivity index (χ3v) is 5.85. The van der Waals surface area contributed by atoms with Crippen molar-refractivity contribution >= 4 is 11.8 Å². The number of hydrogen-bond acceptors (Lipinski definition) is 4. The molecule has 2 heterocycles. The molecule has 1 spiro atoms. The van der Waals surface area contributed by atoms with Crippen LogP contribution in [0.2, 0.25) is 0 Å². The number of benzene rings is 1. The van der Waals surface area contributed by atoms with Crippen molar-refractivity contribution in [2.24, 2.45) is 11.3 Å². The van der Waals surface area contributed by atoms with Gasteiger partial charge < -0.3 is 5.11 Å². The molecule has 1 aromatic rings. The standard InChI is InChI=1S/C19H24N2O3/c22-10-14-7-19(8-14)11-21(12-19)9-13-1-3-15(4-2-13)16-5-6-17(23)20-18(16)24/h1-4,14,16,22H,5-12H2,(H,20,23,24). The zero-order valence-corrected chi connectivity index (χ0v) is 13.8. The molecule has 0 radical (unpaired) electrons. The largest absolute Gasteiger partial charge is 0.396 e. The minimum atomic E-state index is -0.200. The topological polar surface area (TPSA) is 69.6 Å². The Morgan fingerprint density at radius 2 is 1.88 bits per heavy atom. The maximum Gasteiger partial charge on any atom is 0.234 e. The van der Waals surface area contributed by atoms with Crippen LogP contribution in [-0.4, -0.2) is 41.5 Å². The lowest BCUT2D eigenvalue weighted by molar-refractivity contribution is -0.134. The molecule has 2 aliphatic heterocycles. The van der Waals surface area contributed by atoms with Gasteiger partial charge in [-0.25, -0.2) is 0 Å². The number of amides is 2. The average Bonchev–Trinajstić information content (AvgIpc) is 2.49. The number of nitrogens with zero attached hydrogens (tertiary/aromatic N) is 1. The summed E-state index contributed by atoms with van der Waals surface area (Å²) in [5, 5.41) is 11.6. The Morgan fingerprint density at radius 1 is 1.17 bits per heavy atom. The fraction of sp³-hybridized carbons (Fsp3) is 0.579. The molecule has 2 N–H and O–H groups in total. The number of carbonyl (C=O) groups is 2. The summed E-state index contributed by atoms with van der Waals surface area (Å²) in [6.45, 7) is 3.56. The van der Waals surface area contributed by atoms with Gasteiger partial charge in [0.2, 0.25) is 11.8 Å². The highest BCUT2D eigenvalue weighted by atomic mass is 16.3. The van der Waals surface area contributed by atoms with E-state index in [0.29, 0.717) is 30.8 Å². The van der Waals surface area contributed by atoms with Gasteiger partial charge in [-0.15, -0.1) is 0 Å². The van der Waals surface area contributed by atoms with Gasteiger partial charge in [0, 0.05) is 32.7 Å². The molecule has 1 aromatic carbocycles. The summed E-state index contributed by atoms with van der Waals surface area (Å²) in [7, 11) is 0. The van der Waals surface area contributed by atoms with Crippen molar-refractivity contribution in [3.05, 3.63) is 35.4 Å². The van der Waals surface area contributed by atoms with Crippen LogP contribution < -0.4 is 5.32 Å². The van der Waals surface area contributed by atoms with Crippen molar-refractivity contribution in [1.29, 1.82) is 0 Å². The molecule has 3 aliphatic rings. The summed E-state index contributed by atoms with van der Waals surface area (Å²) in [6, 6.07) is 8.24. The van der Waals surface area contributed by atoms with E-state index in [1.54, 1.807) is 0 Å². The highest BCUT2D eigenvalue weighted by Gasteiger charge is 2.51. The smallest absolute Gasteiger partial charge is 0.234 e. The third kappa shape index (κ3) is 2.87. The van der Waals surface area contributed by atoms with Crippen molar-refractivity contribution in [3.8, 4) is 0 Å². The van der Waals surface area contributed by atoms with Crippen LogP contribution >= 0.6 is 0 Å². The Hall–Kier alpha value is -1.72. The van der Waals surface area contributed by atoms with Crippen LogP contribution in [0.4, 0.5) is 0 Å². The number of piperidine rings is 1. The highest BCUT2D eigenvalue weighted by Crippen LogP contribution is 2.51. The SMILES string of the molecule is O=C1CCC(c2ccc(CN3CC4(CC(CO)C4)C3)cc2)C(=O)N1. The predicted octanol–water partition coefficient (Wildman–Crippen LogP) is 1.41. The molecule has 3 fully saturated rings. The minimum Gasteiger partial charge on any atom is -0.396 e. The lowest BCUT2D eigenvalue weighted by Crippen LogP contribution is -2.62. The van der Waals surface area contributed by atoms with Crippen molar-refractivity contribution in [2.75, 3.05) is 19.7 Å². The summed E-state index contributed by atoms with van der Waals surface area (Å²) < 4.78 is 0. The lowest BCUT2D eigenvalue weighted by atomic mass is 9.58. The van der Waals surface area contributed by atoms with E-state index in [-0.39, 0.29) is 17.7 Å². The molecule has 1 aliphatic carbocycles. The van der Waals surface area contributed by atoms with E-state index in [9.17, 15) is 9.59 Å². The summed E-state index contributed by atoms with van der Waals surface area (Å²) >= 11 is 0. The summed E-state index contributed by atoms with van der Waals surface area (Å²) in [4.78, 5) is 25.6. The Morgan fingerprint density at radius 3 is 2.50 bits per heavy atom. The molecule has 1 atom stereocenters. The van der Waals surface area contributed by atoms with Gasteiger partial charge in [0.05, 0.1) is 5.92 Å².